The Kier molecular flexibility index (Phi) is 5.87. The molecule has 2 N–H and O–H groups in total. The van der Waals surface area contributed by atoms with Crippen LogP contribution in [0.1, 0.15) is 25.3 Å². The average Bonchev–Trinajstić information content (AvgIpc) is 2.61. The first kappa shape index (κ1) is 15.8. The van der Waals surface area contributed by atoms with E-state index in [-0.39, 0.29) is 0 Å². The van der Waals surface area contributed by atoms with Gasteiger partial charge in [0.15, 0.2) is 0 Å². The minimum atomic E-state index is 0.597. The highest BCUT2D eigenvalue weighted by Crippen LogP contribution is 2.28. The van der Waals surface area contributed by atoms with E-state index >= 15 is 0 Å². The Bertz CT molecular complexity index is 436. The summed E-state index contributed by atoms with van der Waals surface area (Å²) in [6, 6.07) is 7.23. The van der Waals surface area contributed by atoms with Crippen molar-refractivity contribution in [1.29, 1.82) is 0 Å². The first-order valence-corrected chi connectivity index (χ1v) is 8.38. The molecule has 1 heterocycles. The number of anilines is 1. The van der Waals surface area contributed by atoms with Gasteiger partial charge in [0.1, 0.15) is 0 Å². The number of benzene rings is 1. The highest BCUT2D eigenvalue weighted by molar-refractivity contribution is 9.10. The van der Waals surface area contributed by atoms with E-state index in [1.807, 2.05) is 0 Å². The normalized spacial score (nSPS) is 21.0. The second-order valence-electron chi connectivity index (χ2n) is 5.68. The van der Waals surface area contributed by atoms with Gasteiger partial charge in [-0.3, -0.25) is 0 Å². The van der Waals surface area contributed by atoms with Crippen molar-refractivity contribution in [2.24, 2.45) is 5.73 Å². The number of rotatable bonds is 4. The smallest absolute Gasteiger partial charge is 0.0414 e. The van der Waals surface area contributed by atoms with Gasteiger partial charge in [0.2, 0.25) is 0 Å². The van der Waals surface area contributed by atoms with Crippen LogP contribution in [0.3, 0.4) is 0 Å². The van der Waals surface area contributed by atoms with Gasteiger partial charge in [-0.15, -0.1) is 0 Å². The summed E-state index contributed by atoms with van der Waals surface area (Å²) in [5, 5.41) is 0. The summed E-state index contributed by atoms with van der Waals surface area (Å²) in [7, 11) is 2.23. The fourth-order valence-electron chi connectivity index (χ4n) is 3.10. The molecule has 3 nitrogen and oxygen atoms in total. The number of hydrogen-bond acceptors (Lipinski definition) is 3. The Morgan fingerprint density at radius 1 is 1.35 bits per heavy atom. The molecule has 20 heavy (non-hydrogen) atoms. The van der Waals surface area contributed by atoms with Crippen molar-refractivity contribution in [3.05, 3.63) is 28.2 Å². The Morgan fingerprint density at radius 2 is 2.15 bits per heavy atom. The van der Waals surface area contributed by atoms with Gasteiger partial charge in [-0.25, -0.2) is 0 Å². The van der Waals surface area contributed by atoms with Crippen molar-refractivity contribution in [3.8, 4) is 0 Å². The first-order chi connectivity index (χ1) is 9.65. The van der Waals surface area contributed by atoms with Crippen LogP contribution in [0.4, 0.5) is 5.69 Å². The summed E-state index contributed by atoms with van der Waals surface area (Å²) in [5.74, 6) is 0. The van der Waals surface area contributed by atoms with E-state index in [9.17, 15) is 0 Å². The maximum Gasteiger partial charge on any atom is 0.0414 e. The molecular formula is C16H26BrN3. The third-order valence-electron chi connectivity index (χ3n) is 4.14. The lowest BCUT2D eigenvalue weighted by atomic mass is 10.1. The minimum Gasteiger partial charge on any atom is -0.367 e. The van der Waals surface area contributed by atoms with E-state index in [1.165, 1.54) is 30.6 Å². The zero-order chi connectivity index (χ0) is 14.5. The molecule has 1 aromatic rings. The zero-order valence-electron chi connectivity index (χ0n) is 12.6. The Labute approximate surface area is 131 Å². The van der Waals surface area contributed by atoms with E-state index in [1.54, 1.807) is 0 Å². The third-order valence-corrected chi connectivity index (χ3v) is 4.63. The molecule has 0 radical (unpaired) electrons. The van der Waals surface area contributed by atoms with Crippen LogP contribution >= 0.6 is 15.9 Å². The highest BCUT2D eigenvalue weighted by Gasteiger charge is 2.23. The van der Waals surface area contributed by atoms with E-state index in [4.69, 9.17) is 5.73 Å². The first-order valence-electron chi connectivity index (χ1n) is 7.59. The zero-order valence-corrected chi connectivity index (χ0v) is 14.2. The number of nitrogens with zero attached hydrogens (tertiary/aromatic N) is 2. The van der Waals surface area contributed by atoms with E-state index < -0.39 is 0 Å². The molecule has 112 valence electrons. The molecule has 1 saturated heterocycles. The molecule has 1 aromatic carbocycles. The SMILES string of the molecule is CCC1CN(C)CCCN1c1ccc(Br)cc1CCN. The number of nitrogens with two attached hydrogens (primary N) is 1. The summed E-state index contributed by atoms with van der Waals surface area (Å²) >= 11 is 3.58. The van der Waals surface area contributed by atoms with Gasteiger partial charge < -0.3 is 15.5 Å². The van der Waals surface area contributed by atoms with Gasteiger partial charge >= 0.3 is 0 Å². The molecule has 0 aromatic heterocycles. The van der Waals surface area contributed by atoms with Crippen molar-refractivity contribution >= 4 is 21.6 Å². The van der Waals surface area contributed by atoms with Crippen molar-refractivity contribution < 1.29 is 0 Å². The molecule has 1 aliphatic rings. The molecule has 1 fully saturated rings. The van der Waals surface area contributed by atoms with Crippen LogP contribution in [0.25, 0.3) is 0 Å². The lowest BCUT2D eigenvalue weighted by Crippen LogP contribution is -2.40. The van der Waals surface area contributed by atoms with Gasteiger partial charge in [0.25, 0.3) is 0 Å². The monoisotopic (exact) mass is 339 g/mol. The van der Waals surface area contributed by atoms with Crippen molar-refractivity contribution in [2.75, 3.05) is 38.1 Å². The minimum absolute atomic E-state index is 0.597. The fraction of sp³-hybridized carbons (Fsp3) is 0.625. The maximum absolute atomic E-state index is 5.79. The van der Waals surface area contributed by atoms with Crippen LogP contribution in [0.5, 0.6) is 0 Å². The Morgan fingerprint density at radius 3 is 2.85 bits per heavy atom. The van der Waals surface area contributed by atoms with Gasteiger partial charge in [-0.05, 0) is 63.2 Å². The van der Waals surface area contributed by atoms with E-state index in [0.29, 0.717) is 12.6 Å². The lowest BCUT2D eigenvalue weighted by molar-refractivity contribution is 0.328. The second-order valence-corrected chi connectivity index (χ2v) is 6.60. The molecule has 0 amide bonds. The molecule has 4 heteroatoms. The van der Waals surface area contributed by atoms with Gasteiger partial charge in [0.05, 0.1) is 0 Å². The molecule has 0 aliphatic carbocycles. The predicted molar refractivity (Wildman–Crippen MR) is 90.4 cm³/mol. The molecule has 0 bridgehead atoms. The quantitative estimate of drug-likeness (QED) is 0.915. The fourth-order valence-corrected chi connectivity index (χ4v) is 3.51. The number of likely N-dealkylation sites (N-methyl/N-ethyl adjacent to an activating group) is 1. The van der Waals surface area contributed by atoms with Gasteiger partial charge in [0, 0.05) is 29.3 Å². The summed E-state index contributed by atoms with van der Waals surface area (Å²) < 4.78 is 1.14. The predicted octanol–water partition coefficient (Wildman–Crippen LogP) is 2.87. The topological polar surface area (TPSA) is 32.5 Å². The van der Waals surface area contributed by atoms with Crippen molar-refractivity contribution in [1.82, 2.24) is 4.90 Å². The highest BCUT2D eigenvalue weighted by atomic mass is 79.9. The molecular weight excluding hydrogens is 314 g/mol. The standard InChI is InChI=1S/C16H26BrN3/c1-3-15-12-19(2)9-4-10-20(15)16-6-5-14(17)11-13(16)7-8-18/h5-6,11,15H,3-4,7-10,12,18H2,1-2H3. The van der Waals surface area contributed by atoms with Crippen LogP contribution in [-0.4, -0.2) is 44.2 Å². The summed E-state index contributed by atoms with van der Waals surface area (Å²) in [4.78, 5) is 5.05. The summed E-state index contributed by atoms with van der Waals surface area (Å²) in [5.41, 5.74) is 8.53. The third kappa shape index (κ3) is 3.74. The van der Waals surface area contributed by atoms with E-state index in [0.717, 1.165) is 24.0 Å². The second kappa shape index (κ2) is 7.43. The van der Waals surface area contributed by atoms with Gasteiger partial charge in [-0.2, -0.15) is 0 Å². The molecule has 0 saturated carbocycles. The Hall–Kier alpha value is -0.580. The summed E-state index contributed by atoms with van der Waals surface area (Å²) in [6.07, 6.45) is 3.35. The molecule has 0 spiro atoms. The summed E-state index contributed by atoms with van der Waals surface area (Å²) in [6.45, 7) is 6.47. The Balaban J connectivity index is 2.31. The molecule has 2 rings (SSSR count). The average molecular weight is 340 g/mol. The molecule has 1 unspecified atom stereocenters. The number of hydrogen-bond donors (Lipinski definition) is 1. The van der Waals surface area contributed by atoms with Gasteiger partial charge in [-0.1, -0.05) is 22.9 Å². The molecule has 1 atom stereocenters. The number of halogens is 1. The molecule has 1 aliphatic heterocycles. The lowest BCUT2D eigenvalue weighted by Gasteiger charge is -2.34. The van der Waals surface area contributed by atoms with Crippen LogP contribution in [-0.2, 0) is 6.42 Å². The van der Waals surface area contributed by atoms with Crippen LogP contribution in [0.2, 0.25) is 0 Å². The van der Waals surface area contributed by atoms with Crippen molar-refractivity contribution in [3.63, 3.8) is 0 Å². The maximum atomic E-state index is 5.79. The van der Waals surface area contributed by atoms with Crippen LogP contribution < -0.4 is 10.6 Å². The van der Waals surface area contributed by atoms with Crippen LogP contribution in [0.15, 0.2) is 22.7 Å². The van der Waals surface area contributed by atoms with E-state index in [2.05, 4.69) is 57.9 Å². The van der Waals surface area contributed by atoms with Crippen molar-refractivity contribution in [2.45, 2.75) is 32.2 Å². The van der Waals surface area contributed by atoms with Crippen LogP contribution in [0, 0.1) is 0 Å². The largest absolute Gasteiger partial charge is 0.367 e.